The van der Waals surface area contributed by atoms with Crippen LogP contribution in [-0.4, -0.2) is 34.1 Å². The molecule has 1 atom stereocenters. The summed E-state index contributed by atoms with van der Waals surface area (Å²) < 4.78 is 4.39. The molecule has 0 amide bonds. The number of phenols is 1. The summed E-state index contributed by atoms with van der Waals surface area (Å²) >= 11 is 1.46. The highest BCUT2D eigenvalue weighted by atomic mass is 32.2. The Hall–Kier alpha value is -1.69. The quantitative estimate of drug-likeness (QED) is 0.648. The molecule has 2 N–H and O–H groups in total. The molecule has 1 aliphatic rings. The maximum absolute atomic E-state index is 11.7. The van der Waals surface area contributed by atoms with E-state index in [0.29, 0.717) is 10.9 Å². The SMILES string of the molecule is COC(=O)[C@@H]1N=C(Nc2cc(C)ccc2O)SC1(C)C. The molecule has 0 radical (unpaired) electrons. The molecule has 1 heterocycles. The van der Waals surface area contributed by atoms with Crippen molar-refractivity contribution >= 4 is 28.6 Å². The number of aryl methyl sites for hydroxylation is 1. The minimum absolute atomic E-state index is 0.151. The number of carbonyl (C=O) groups excluding carboxylic acids is 1. The van der Waals surface area contributed by atoms with E-state index < -0.39 is 6.04 Å². The molecule has 0 spiro atoms. The van der Waals surface area contributed by atoms with Crippen LogP contribution in [-0.2, 0) is 9.53 Å². The zero-order valence-electron chi connectivity index (χ0n) is 11.9. The van der Waals surface area contributed by atoms with Gasteiger partial charge in [0.25, 0.3) is 0 Å². The summed E-state index contributed by atoms with van der Waals surface area (Å²) in [5.74, 6) is -0.203. The summed E-state index contributed by atoms with van der Waals surface area (Å²) in [5, 5.41) is 13.5. The van der Waals surface area contributed by atoms with Gasteiger partial charge in [0.05, 0.1) is 17.5 Å². The number of phenolic OH excluding ortho intramolecular Hbond substituents is 1. The third-order valence-electron chi connectivity index (χ3n) is 3.08. The summed E-state index contributed by atoms with van der Waals surface area (Å²) in [4.78, 5) is 16.1. The number of aromatic hydroxyl groups is 1. The van der Waals surface area contributed by atoms with Gasteiger partial charge in [-0.3, -0.25) is 0 Å². The Labute approximate surface area is 122 Å². The Kier molecular flexibility index (Phi) is 3.94. The van der Waals surface area contributed by atoms with Crippen LogP contribution < -0.4 is 5.32 Å². The fourth-order valence-corrected chi connectivity index (χ4v) is 3.05. The maximum Gasteiger partial charge on any atom is 0.332 e. The molecule has 0 bridgehead atoms. The third kappa shape index (κ3) is 2.90. The average molecular weight is 294 g/mol. The van der Waals surface area contributed by atoms with Gasteiger partial charge in [-0.25, -0.2) is 9.79 Å². The second-order valence-corrected chi connectivity index (χ2v) is 6.85. The van der Waals surface area contributed by atoms with Crippen LogP contribution in [0.2, 0.25) is 0 Å². The highest BCUT2D eigenvalue weighted by Gasteiger charge is 2.43. The van der Waals surface area contributed by atoms with Crippen LogP contribution in [0.3, 0.4) is 0 Å². The number of aliphatic imine (C=N–C) groups is 1. The molecule has 108 valence electrons. The number of carbonyl (C=O) groups is 1. The number of thioether (sulfide) groups is 1. The van der Waals surface area contributed by atoms with Gasteiger partial charge in [-0.05, 0) is 38.5 Å². The van der Waals surface area contributed by atoms with Crippen molar-refractivity contribution in [1.29, 1.82) is 0 Å². The lowest BCUT2D eigenvalue weighted by Crippen LogP contribution is -2.35. The molecule has 0 unspecified atom stereocenters. The van der Waals surface area contributed by atoms with Crippen molar-refractivity contribution in [3.63, 3.8) is 0 Å². The number of hydrogen-bond donors (Lipinski definition) is 2. The maximum atomic E-state index is 11.7. The minimum Gasteiger partial charge on any atom is -0.506 e. The summed E-state index contributed by atoms with van der Waals surface area (Å²) in [5.41, 5.74) is 1.61. The Morgan fingerprint density at radius 1 is 1.50 bits per heavy atom. The fraction of sp³-hybridized carbons (Fsp3) is 0.429. The number of anilines is 1. The van der Waals surface area contributed by atoms with Gasteiger partial charge >= 0.3 is 5.97 Å². The lowest BCUT2D eigenvalue weighted by atomic mass is 10.0. The number of hydrogen-bond acceptors (Lipinski definition) is 6. The van der Waals surface area contributed by atoms with E-state index in [1.54, 1.807) is 6.07 Å². The van der Waals surface area contributed by atoms with E-state index in [9.17, 15) is 9.90 Å². The topological polar surface area (TPSA) is 70.9 Å². The molecule has 20 heavy (non-hydrogen) atoms. The molecule has 1 aromatic carbocycles. The molecule has 1 aliphatic heterocycles. The molecule has 0 aliphatic carbocycles. The standard InChI is InChI=1S/C14H18N2O3S/c1-8-5-6-10(17)9(7-8)15-13-16-11(12(18)19-4)14(2,3)20-13/h5-7,11,17H,1-4H3,(H,15,16)/t11-/m0/s1. The molecular formula is C14H18N2O3S. The van der Waals surface area contributed by atoms with Crippen LogP contribution in [0.15, 0.2) is 23.2 Å². The van der Waals surface area contributed by atoms with E-state index >= 15 is 0 Å². The molecule has 5 nitrogen and oxygen atoms in total. The number of rotatable bonds is 2. The highest BCUT2D eigenvalue weighted by Crippen LogP contribution is 2.39. The third-order valence-corrected chi connectivity index (χ3v) is 4.23. The smallest absolute Gasteiger partial charge is 0.332 e. The van der Waals surface area contributed by atoms with Gasteiger partial charge in [-0.1, -0.05) is 17.8 Å². The molecule has 1 aromatic rings. The number of benzene rings is 1. The first-order chi connectivity index (χ1) is 9.33. The second-order valence-electron chi connectivity index (χ2n) is 5.21. The Morgan fingerprint density at radius 2 is 2.20 bits per heavy atom. The Bertz CT molecular complexity index is 570. The van der Waals surface area contributed by atoms with E-state index in [4.69, 9.17) is 4.74 Å². The average Bonchev–Trinajstić information content (AvgIpc) is 2.68. The van der Waals surface area contributed by atoms with Crippen LogP contribution >= 0.6 is 11.8 Å². The highest BCUT2D eigenvalue weighted by molar-refractivity contribution is 8.15. The first-order valence-electron chi connectivity index (χ1n) is 6.25. The molecule has 0 aromatic heterocycles. The lowest BCUT2D eigenvalue weighted by molar-refractivity contribution is -0.142. The van der Waals surface area contributed by atoms with Crippen molar-refractivity contribution in [2.24, 2.45) is 4.99 Å². The Morgan fingerprint density at radius 3 is 2.85 bits per heavy atom. The van der Waals surface area contributed by atoms with Gasteiger partial charge in [0, 0.05) is 0 Å². The van der Waals surface area contributed by atoms with Crippen LogP contribution in [0.1, 0.15) is 19.4 Å². The van der Waals surface area contributed by atoms with E-state index in [1.807, 2.05) is 32.9 Å². The minimum atomic E-state index is -0.549. The molecule has 0 fully saturated rings. The number of esters is 1. The van der Waals surface area contributed by atoms with Crippen molar-refractivity contribution in [3.05, 3.63) is 23.8 Å². The van der Waals surface area contributed by atoms with Gasteiger partial charge in [0.15, 0.2) is 11.2 Å². The zero-order chi connectivity index (χ0) is 14.9. The zero-order valence-corrected chi connectivity index (χ0v) is 12.7. The first-order valence-corrected chi connectivity index (χ1v) is 7.06. The predicted molar refractivity (Wildman–Crippen MR) is 81.4 cm³/mol. The van der Waals surface area contributed by atoms with E-state index in [2.05, 4.69) is 10.3 Å². The second kappa shape index (κ2) is 5.36. The summed E-state index contributed by atoms with van der Waals surface area (Å²) in [6.07, 6.45) is 0. The van der Waals surface area contributed by atoms with Crippen LogP contribution in [0, 0.1) is 6.92 Å². The van der Waals surface area contributed by atoms with Crippen molar-refractivity contribution in [2.75, 3.05) is 12.4 Å². The van der Waals surface area contributed by atoms with Crippen molar-refractivity contribution in [2.45, 2.75) is 31.6 Å². The van der Waals surface area contributed by atoms with Crippen LogP contribution in [0.5, 0.6) is 5.75 Å². The van der Waals surface area contributed by atoms with Crippen molar-refractivity contribution in [1.82, 2.24) is 0 Å². The number of nitrogens with one attached hydrogen (secondary N) is 1. The molecule has 2 rings (SSSR count). The number of methoxy groups -OCH3 is 1. The lowest BCUT2D eigenvalue weighted by Gasteiger charge is -2.21. The molecule has 0 saturated heterocycles. The van der Waals surface area contributed by atoms with Gasteiger partial charge in [0.1, 0.15) is 5.75 Å². The molecular weight excluding hydrogens is 276 g/mol. The summed E-state index contributed by atoms with van der Waals surface area (Å²) in [6.45, 7) is 5.82. The van der Waals surface area contributed by atoms with E-state index in [0.717, 1.165) is 5.56 Å². The van der Waals surface area contributed by atoms with E-state index in [-0.39, 0.29) is 16.5 Å². The first kappa shape index (κ1) is 14.7. The van der Waals surface area contributed by atoms with Gasteiger partial charge in [-0.15, -0.1) is 0 Å². The Balaban J connectivity index is 2.22. The fourth-order valence-electron chi connectivity index (χ4n) is 1.98. The van der Waals surface area contributed by atoms with Gasteiger partial charge in [0.2, 0.25) is 0 Å². The largest absolute Gasteiger partial charge is 0.506 e. The van der Waals surface area contributed by atoms with E-state index in [1.165, 1.54) is 18.9 Å². The number of amidine groups is 1. The normalized spacial score (nSPS) is 20.4. The monoisotopic (exact) mass is 294 g/mol. The van der Waals surface area contributed by atoms with Gasteiger partial charge < -0.3 is 15.2 Å². The van der Waals surface area contributed by atoms with Crippen LogP contribution in [0.4, 0.5) is 5.69 Å². The van der Waals surface area contributed by atoms with Crippen molar-refractivity contribution in [3.8, 4) is 5.75 Å². The summed E-state index contributed by atoms with van der Waals surface area (Å²) in [7, 11) is 1.36. The van der Waals surface area contributed by atoms with Gasteiger partial charge in [-0.2, -0.15) is 0 Å². The number of nitrogens with zero attached hydrogens (tertiary/aromatic N) is 1. The molecule has 0 saturated carbocycles. The number of ether oxygens (including phenoxy) is 1. The predicted octanol–water partition coefficient (Wildman–Crippen LogP) is 2.54. The molecule has 6 heteroatoms. The van der Waals surface area contributed by atoms with Crippen molar-refractivity contribution < 1.29 is 14.6 Å². The summed E-state index contributed by atoms with van der Waals surface area (Å²) in [6, 6.07) is 4.73. The van der Waals surface area contributed by atoms with Crippen LogP contribution in [0.25, 0.3) is 0 Å².